The van der Waals surface area contributed by atoms with Crippen LogP contribution in [0.5, 0.6) is 5.75 Å². The minimum Gasteiger partial charge on any atom is -0.491 e. The Morgan fingerprint density at radius 1 is 1.33 bits per heavy atom. The zero-order valence-corrected chi connectivity index (χ0v) is 13.8. The van der Waals surface area contributed by atoms with Crippen LogP contribution in [0.3, 0.4) is 0 Å². The van der Waals surface area contributed by atoms with Gasteiger partial charge in [0.25, 0.3) is 0 Å². The molecule has 5 heteroatoms. The normalized spacial score (nSPS) is 12.6. The summed E-state index contributed by atoms with van der Waals surface area (Å²) in [4.78, 5) is 2.39. The first-order chi connectivity index (χ1) is 10.2. The summed E-state index contributed by atoms with van der Waals surface area (Å²) in [5, 5.41) is 13.8. The Morgan fingerprint density at radius 3 is 2.81 bits per heavy atom. The molecule has 0 spiro atoms. The fraction of sp³-hybridized carbons (Fsp3) is 0.625. The molecule has 120 valence electrons. The number of nitrogens with one attached hydrogen (secondary N) is 1. The van der Waals surface area contributed by atoms with Crippen molar-refractivity contribution in [2.75, 3.05) is 39.3 Å². The van der Waals surface area contributed by atoms with Gasteiger partial charge in [-0.2, -0.15) is 0 Å². The smallest absolute Gasteiger partial charge is 0.120 e. The van der Waals surface area contributed by atoms with E-state index in [1.165, 1.54) is 6.42 Å². The Kier molecular flexibility index (Phi) is 9.42. The molecule has 1 atom stereocenters. The van der Waals surface area contributed by atoms with E-state index in [0.29, 0.717) is 17.3 Å². The standard InChI is InChI=1S/C16H27ClN2O2/c1-3-9-19(4-2)10-8-18-12-15(20)13-21-16-7-5-6-14(17)11-16/h5-7,11,15,18,20H,3-4,8-10,12-13H2,1-2H3. The van der Waals surface area contributed by atoms with E-state index in [1.54, 1.807) is 12.1 Å². The van der Waals surface area contributed by atoms with Crippen molar-refractivity contribution >= 4 is 11.6 Å². The molecular weight excluding hydrogens is 288 g/mol. The molecular formula is C16H27ClN2O2. The van der Waals surface area contributed by atoms with Gasteiger partial charge in [0.1, 0.15) is 18.5 Å². The van der Waals surface area contributed by atoms with Crippen LogP contribution in [0.25, 0.3) is 0 Å². The number of hydrogen-bond donors (Lipinski definition) is 2. The summed E-state index contributed by atoms with van der Waals surface area (Å²) in [5.74, 6) is 0.682. The molecule has 0 fully saturated rings. The fourth-order valence-electron chi connectivity index (χ4n) is 2.06. The highest BCUT2D eigenvalue weighted by Gasteiger charge is 2.06. The lowest BCUT2D eigenvalue weighted by atomic mass is 10.3. The monoisotopic (exact) mass is 314 g/mol. The Labute approximate surface area is 133 Å². The number of halogens is 1. The van der Waals surface area contributed by atoms with E-state index in [2.05, 4.69) is 24.1 Å². The molecule has 0 aliphatic heterocycles. The molecule has 1 aromatic carbocycles. The van der Waals surface area contributed by atoms with Gasteiger partial charge >= 0.3 is 0 Å². The van der Waals surface area contributed by atoms with Crippen LogP contribution in [0.1, 0.15) is 20.3 Å². The SMILES string of the molecule is CCCN(CC)CCNCC(O)COc1cccc(Cl)c1. The summed E-state index contributed by atoms with van der Waals surface area (Å²) in [5.41, 5.74) is 0. The van der Waals surface area contributed by atoms with Crippen molar-refractivity contribution in [3.05, 3.63) is 29.3 Å². The van der Waals surface area contributed by atoms with Crippen molar-refractivity contribution in [2.24, 2.45) is 0 Å². The largest absolute Gasteiger partial charge is 0.491 e. The van der Waals surface area contributed by atoms with Gasteiger partial charge in [0.2, 0.25) is 0 Å². The van der Waals surface area contributed by atoms with E-state index >= 15 is 0 Å². The second-order valence-corrected chi connectivity index (χ2v) is 5.50. The first-order valence-electron chi connectivity index (χ1n) is 7.65. The maximum absolute atomic E-state index is 9.87. The predicted molar refractivity (Wildman–Crippen MR) is 88.2 cm³/mol. The summed E-state index contributed by atoms with van der Waals surface area (Å²) >= 11 is 5.87. The zero-order valence-electron chi connectivity index (χ0n) is 13.0. The van der Waals surface area contributed by atoms with Crippen LogP contribution in [-0.4, -0.2) is 55.4 Å². The number of likely N-dealkylation sites (N-methyl/N-ethyl adjacent to an activating group) is 1. The topological polar surface area (TPSA) is 44.7 Å². The second kappa shape index (κ2) is 10.9. The molecule has 4 nitrogen and oxygen atoms in total. The number of aliphatic hydroxyl groups excluding tert-OH is 1. The van der Waals surface area contributed by atoms with E-state index in [4.69, 9.17) is 16.3 Å². The Balaban J connectivity index is 2.12. The average Bonchev–Trinajstić information content (AvgIpc) is 2.48. The predicted octanol–water partition coefficient (Wildman–Crippen LogP) is 2.40. The molecule has 1 unspecified atom stereocenters. The molecule has 0 aliphatic rings. The van der Waals surface area contributed by atoms with Crippen molar-refractivity contribution in [2.45, 2.75) is 26.4 Å². The van der Waals surface area contributed by atoms with Crippen LogP contribution in [0.15, 0.2) is 24.3 Å². The van der Waals surface area contributed by atoms with Crippen LogP contribution in [0.2, 0.25) is 5.02 Å². The van der Waals surface area contributed by atoms with Crippen LogP contribution in [0, 0.1) is 0 Å². The highest BCUT2D eigenvalue weighted by molar-refractivity contribution is 6.30. The van der Waals surface area contributed by atoms with Gasteiger partial charge in [0, 0.05) is 24.7 Å². The van der Waals surface area contributed by atoms with Crippen LogP contribution >= 0.6 is 11.6 Å². The Hall–Kier alpha value is -0.810. The van der Waals surface area contributed by atoms with Gasteiger partial charge in [0.15, 0.2) is 0 Å². The molecule has 2 N–H and O–H groups in total. The van der Waals surface area contributed by atoms with E-state index in [9.17, 15) is 5.11 Å². The first-order valence-corrected chi connectivity index (χ1v) is 8.03. The summed E-state index contributed by atoms with van der Waals surface area (Å²) in [6.07, 6.45) is 0.648. The first kappa shape index (κ1) is 18.2. The van der Waals surface area contributed by atoms with Crippen molar-refractivity contribution < 1.29 is 9.84 Å². The van der Waals surface area contributed by atoms with Gasteiger partial charge in [-0.25, -0.2) is 0 Å². The number of nitrogens with zero attached hydrogens (tertiary/aromatic N) is 1. The molecule has 0 amide bonds. The Bertz CT molecular complexity index is 390. The number of hydrogen-bond acceptors (Lipinski definition) is 4. The van der Waals surface area contributed by atoms with E-state index < -0.39 is 6.10 Å². The summed E-state index contributed by atoms with van der Waals surface area (Å²) < 4.78 is 5.50. The van der Waals surface area contributed by atoms with Crippen molar-refractivity contribution in [3.8, 4) is 5.75 Å². The Morgan fingerprint density at radius 2 is 2.14 bits per heavy atom. The second-order valence-electron chi connectivity index (χ2n) is 5.06. The minimum absolute atomic E-state index is 0.264. The van der Waals surface area contributed by atoms with Gasteiger partial charge in [-0.15, -0.1) is 0 Å². The molecule has 1 rings (SSSR count). The van der Waals surface area contributed by atoms with E-state index in [-0.39, 0.29) is 6.61 Å². The van der Waals surface area contributed by atoms with Crippen molar-refractivity contribution in [3.63, 3.8) is 0 Å². The fourth-order valence-corrected chi connectivity index (χ4v) is 2.24. The molecule has 0 saturated carbocycles. The van der Waals surface area contributed by atoms with Gasteiger partial charge in [-0.3, -0.25) is 0 Å². The van der Waals surface area contributed by atoms with Gasteiger partial charge in [-0.1, -0.05) is 31.5 Å². The van der Waals surface area contributed by atoms with Crippen LogP contribution < -0.4 is 10.1 Å². The molecule has 0 aromatic heterocycles. The molecule has 0 bridgehead atoms. The number of benzene rings is 1. The number of ether oxygens (including phenoxy) is 1. The average molecular weight is 315 g/mol. The zero-order chi connectivity index (χ0) is 15.5. The molecule has 0 heterocycles. The van der Waals surface area contributed by atoms with Crippen molar-refractivity contribution in [1.82, 2.24) is 10.2 Å². The van der Waals surface area contributed by atoms with Crippen LogP contribution in [-0.2, 0) is 0 Å². The van der Waals surface area contributed by atoms with E-state index in [1.807, 2.05) is 12.1 Å². The maximum atomic E-state index is 9.87. The van der Waals surface area contributed by atoms with Gasteiger partial charge < -0.3 is 20.1 Å². The lowest BCUT2D eigenvalue weighted by molar-refractivity contribution is 0.105. The molecule has 0 aliphatic carbocycles. The van der Waals surface area contributed by atoms with Gasteiger partial charge in [-0.05, 0) is 37.7 Å². The molecule has 21 heavy (non-hydrogen) atoms. The maximum Gasteiger partial charge on any atom is 0.120 e. The lowest BCUT2D eigenvalue weighted by Gasteiger charge is -2.20. The van der Waals surface area contributed by atoms with Crippen molar-refractivity contribution in [1.29, 1.82) is 0 Å². The summed E-state index contributed by atoms with van der Waals surface area (Å²) in [6.45, 7) is 9.23. The number of rotatable bonds is 11. The minimum atomic E-state index is -0.523. The molecule has 1 aromatic rings. The third-order valence-corrected chi connectivity index (χ3v) is 3.45. The lowest BCUT2D eigenvalue weighted by Crippen LogP contribution is -2.37. The number of aliphatic hydroxyl groups is 1. The van der Waals surface area contributed by atoms with E-state index in [0.717, 1.165) is 26.2 Å². The highest BCUT2D eigenvalue weighted by Crippen LogP contribution is 2.17. The van der Waals surface area contributed by atoms with Crippen LogP contribution in [0.4, 0.5) is 0 Å². The quantitative estimate of drug-likeness (QED) is 0.616. The molecule has 0 saturated heterocycles. The van der Waals surface area contributed by atoms with Gasteiger partial charge in [0.05, 0.1) is 0 Å². The summed E-state index contributed by atoms with van der Waals surface area (Å²) in [6, 6.07) is 7.19. The third-order valence-electron chi connectivity index (χ3n) is 3.21. The highest BCUT2D eigenvalue weighted by atomic mass is 35.5. The summed E-state index contributed by atoms with van der Waals surface area (Å²) in [7, 11) is 0. The third kappa shape index (κ3) is 8.27. The molecule has 0 radical (unpaired) electrons.